The first-order chi connectivity index (χ1) is 38.1. The van der Waals surface area contributed by atoms with Gasteiger partial charge in [-0.15, -0.1) is 0 Å². The Morgan fingerprint density at radius 3 is 1.75 bits per heavy atom. The van der Waals surface area contributed by atoms with Gasteiger partial charge < -0.3 is 15.2 Å². The van der Waals surface area contributed by atoms with Crippen molar-refractivity contribution in [3.8, 4) is 5.75 Å². The summed E-state index contributed by atoms with van der Waals surface area (Å²) in [4.78, 5) is 32.4. The van der Waals surface area contributed by atoms with Crippen LogP contribution in [0.4, 0.5) is 60.1 Å². The summed E-state index contributed by atoms with van der Waals surface area (Å²) in [5, 5.41) is 2.34. The first kappa shape index (κ1) is 65.5. The van der Waals surface area contributed by atoms with Crippen LogP contribution in [0.25, 0.3) is 21.6 Å². The van der Waals surface area contributed by atoms with Gasteiger partial charge in [0.25, 0.3) is 0 Å². The van der Waals surface area contributed by atoms with Crippen LogP contribution in [-0.4, -0.2) is 100 Å². The highest BCUT2D eigenvalue weighted by molar-refractivity contribution is 7.91. The fourth-order valence-corrected chi connectivity index (χ4v) is 11.7. The van der Waals surface area contributed by atoms with E-state index in [0.717, 1.165) is 39.1 Å². The molecular weight excluding hydrogens is 1180 g/mol. The maximum Gasteiger partial charge on any atom is 0.416 e. The highest BCUT2D eigenvalue weighted by Gasteiger charge is 2.45. The van der Waals surface area contributed by atoms with Gasteiger partial charge in [0.15, 0.2) is 0 Å². The van der Waals surface area contributed by atoms with Crippen molar-refractivity contribution < 1.29 is 83.4 Å². The van der Waals surface area contributed by atoms with Crippen molar-refractivity contribution in [2.45, 2.75) is 74.0 Å². The molecular formula is C51H48F10N10O9S3. The molecule has 1 unspecified atom stereocenters. The molecule has 32 heteroatoms. The molecule has 444 valence electrons. The molecule has 0 aliphatic carbocycles. The molecule has 2 aliphatic rings. The van der Waals surface area contributed by atoms with Gasteiger partial charge in [-0.05, 0) is 107 Å². The van der Waals surface area contributed by atoms with Crippen molar-refractivity contribution >= 4 is 71.2 Å². The SMILES string of the molecule is COc1ccc(F)c([C@]2(C)CS(=O)(=O)N(C)C(NC(=O)OC(C)(C)C)=N2)c1.[C-]#[N+]c1ccc(/C(F)=C/c2ccc(F)c([C@]3(C)CS(=O)(=O)N(C)C(N)=N3)c2)nc1.[C-]#[N+]c1ccc(C(F)S(=O)(=O)c2cc(C(F)(F)F)cc(C(F)(F)F)c2)nc1. The third kappa shape index (κ3) is 15.8. The Morgan fingerprint density at radius 2 is 1.28 bits per heavy atom. The minimum absolute atomic E-state index is 0.0126. The molecule has 0 spiro atoms. The van der Waals surface area contributed by atoms with E-state index in [9.17, 15) is 74.0 Å². The summed E-state index contributed by atoms with van der Waals surface area (Å²) in [5.74, 6) is -3.10. The lowest BCUT2D eigenvalue weighted by atomic mass is 9.92. The molecule has 0 saturated carbocycles. The van der Waals surface area contributed by atoms with Crippen LogP contribution in [0.2, 0.25) is 0 Å². The number of ether oxygens (including phenoxy) is 2. The molecule has 0 radical (unpaired) electrons. The summed E-state index contributed by atoms with van der Waals surface area (Å²) in [6.45, 7) is 21.5. The van der Waals surface area contributed by atoms with Crippen molar-refractivity contribution in [3.63, 3.8) is 0 Å². The van der Waals surface area contributed by atoms with E-state index >= 15 is 0 Å². The molecule has 0 bridgehead atoms. The lowest BCUT2D eigenvalue weighted by Crippen LogP contribution is -2.54. The number of aromatic nitrogens is 2. The van der Waals surface area contributed by atoms with Gasteiger partial charge in [-0.3, -0.25) is 15.3 Å². The lowest BCUT2D eigenvalue weighted by molar-refractivity contribution is -0.143. The quantitative estimate of drug-likeness (QED) is 0.109. The average Bonchev–Trinajstić information content (AvgIpc) is 3.05. The first-order valence-corrected chi connectivity index (χ1v) is 28.1. The van der Waals surface area contributed by atoms with E-state index in [1.54, 1.807) is 20.8 Å². The fourth-order valence-electron chi connectivity index (χ4n) is 7.52. The largest absolute Gasteiger partial charge is 0.497 e. The average molecular weight is 1230 g/mol. The number of alkyl carbamates (subject to hydrolysis) is 1. The van der Waals surface area contributed by atoms with Gasteiger partial charge in [0.2, 0.25) is 58.7 Å². The van der Waals surface area contributed by atoms with Crippen molar-refractivity contribution in [2.75, 3.05) is 32.7 Å². The van der Waals surface area contributed by atoms with Crippen LogP contribution < -0.4 is 15.8 Å². The van der Waals surface area contributed by atoms with Crippen LogP contribution in [0.5, 0.6) is 5.75 Å². The Labute approximate surface area is 469 Å². The van der Waals surface area contributed by atoms with Crippen LogP contribution >= 0.6 is 0 Å². The zero-order chi connectivity index (χ0) is 62.6. The van der Waals surface area contributed by atoms with E-state index in [1.165, 1.54) is 83.7 Å². The molecule has 83 heavy (non-hydrogen) atoms. The number of hydrogen-bond acceptors (Lipinski definition) is 14. The number of halogens is 10. The molecule has 19 nitrogen and oxygen atoms in total. The number of carbonyl (C=O) groups is 1. The number of guanidine groups is 2. The van der Waals surface area contributed by atoms with E-state index in [2.05, 4.69) is 35.0 Å². The third-order valence-corrected chi connectivity index (χ3v) is 17.3. The number of pyridine rings is 2. The van der Waals surface area contributed by atoms with E-state index in [4.69, 9.17) is 28.4 Å². The number of nitrogens with one attached hydrogen (secondary N) is 1. The summed E-state index contributed by atoms with van der Waals surface area (Å²) in [6, 6.07) is 12.0. The van der Waals surface area contributed by atoms with Gasteiger partial charge in [0.1, 0.15) is 39.9 Å². The number of hydrogen-bond donors (Lipinski definition) is 2. The molecule has 7 rings (SSSR count). The minimum atomic E-state index is -5.28. The second-order valence-corrected chi connectivity index (χ2v) is 25.2. The Kier molecular flexibility index (Phi) is 19.1. The van der Waals surface area contributed by atoms with Crippen LogP contribution in [0, 0.1) is 24.8 Å². The summed E-state index contributed by atoms with van der Waals surface area (Å²) in [6.07, 6.45) is -8.23. The number of alkyl halides is 7. The number of amides is 1. The molecule has 4 heterocycles. The maximum absolute atomic E-state index is 14.5. The molecule has 2 aliphatic heterocycles. The van der Waals surface area contributed by atoms with Gasteiger partial charge in [0, 0.05) is 37.6 Å². The zero-order valence-electron chi connectivity index (χ0n) is 44.6. The molecule has 0 saturated heterocycles. The van der Waals surface area contributed by atoms with E-state index in [0.29, 0.717) is 11.3 Å². The van der Waals surface area contributed by atoms with Crippen LogP contribution in [0.1, 0.15) is 79.3 Å². The summed E-state index contributed by atoms with van der Waals surface area (Å²) < 4.78 is 221. The number of nitrogens with two attached hydrogens (primary N) is 1. The topological polar surface area (TPSA) is 242 Å². The lowest BCUT2D eigenvalue weighted by Gasteiger charge is -2.36. The molecule has 2 aromatic heterocycles. The standard InChI is InChI=1S/C19H17F2N5O2S.C17H24FN3O5S.C15H7F7N2O2S/c1-19(11-29(27,28)26(3)18(22)25-19)14-8-12(4-6-15(14)20)9-16(21)17-7-5-13(23-2)10-24-17;1-16(2,3)26-15(22)19-14-20-17(4,10-27(23,24)21(14)5)12-9-11(25-6)7-8-13(12)18;1-23-10-2-3-12(24-7-10)13(16)27(25,26)11-5-8(14(17,18)19)4-9(6-11)15(20,21)22/h4-10H,11H2,1,3H3,(H2,22,25);7-9H,10H2,1-6H3,(H,19,20,22);2-7,13H/b16-9-;;/t19-;17-;/m00./s1. The van der Waals surface area contributed by atoms with E-state index in [-0.39, 0.29) is 58.3 Å². The Hall–Kier alpha value is -8.36. The third-order valence-electron chi connectivity index (χ3n) is 11.7. The highest BCUT2D eigenvalue weighted by Crippen LogP contribution is 2.41. The summed E-state index contributed by atoms with van der Waals surface area (Å²) in [7, 11) is -8.99. The van der Waals surface area contributed by atoms with Gasteiger partial charge in [0.05, 0.1) is 59.2 Å². The Balaban J connectivity index is 0.000000228. The number of sulfonamides is 2. The van der Waals surface area contributed by atoms with Gasteiger partial charge in [-0.2, -0.15) is 26.3 Å². The second-order valence-electron chi connectivity index (χ2n) is 19.3. The number of methoxy groups -OCH3 is 1. The smallest absolute Gasteiger partial charge is 0.416 e. The fraction of sp³-hybridized carbons (Fsp3) is 0.314. The zero-order valence-corrected chi connectivity index (χ0v) is 47.0. The normalized spacial score (nSPS) is 19.2. The van der Waals surface area contributed by atoms with Crippen molar-refractivity contribution in [3.05, 3.63) is 165 Å². The molecule has 3 atom stereocenters. The van der Waals surface area contributed by atoms with Crippen molar-refractivity contribution in [1.29, 1.82) is 0 Å². The Bertz CT molecular complexity index is 3800. The number of carbonyl (C=O) groups excluding carboxylic acids is 1. The van der Waals surface area contributed by atoms with Crippen LogP contribution in [0.15, 0.2) is 106 Å². The molecule has 3 aromatic carbocycles. The van der Waals surface area contributed by atoms with Crippen molar-refractivity contribution in [2.24, 2.45) is 15.7 Å². The molecule has 1 amide bonds. The Morgan fingerprint density at radius 1 is 0.771 bits per heavy atom. The van der Waals surface area contributed by atoms with Gasteiger partial charge in [-0.25, -0.2) is 75.9 Å². The van der Waals surface area contributed by atoms with Crippen molar-refractivity contribution in [1.82, 2.24) is 23.9 Å². The van der Waals surface area contributed by atoms with Gasteiger partial charge >= 0.3 is 18.4 Å². The number of rotatable bonds is 8. The molecule has 3 N–H and O–H groups in total. The number of sulfone groups is 1. The molecule has 5 aromatic rings. The highest BCUT2D eigenvalue weighted by atomic mass is 32.2. The minimum Gasteiger partial charge on any atom is -0.497 e. The van der Waals surface area contributed by atoms with Crippen LogP contribution in [-0.2, 0) is 58.1 Å². The van der Waals surface area contributed by atoms with Crippen LogP contribution in [0.3, 0.4) is 0 Å². The second kappa shape index (κ2) is 24.2. The number of benzene rings is 3. The predicted molar refractivity (Wildman–Crippen MR) is 283 cm³/mol. The summed E-state index contributed by atoms with van der Waals surface area (Å²) in [5.41, 5.74) is -5.05. The predicted octanol–water partition coefficient (Wildman–Crippen LogP) is 10.4. The maximum atomic E-state index is 14.5. The van der Waals surface area contributed by atoms with E-state index in [1.807, 2.05) is 0 Å². The first-order valence-electron chi connectivity index (χ1n) is 23.3. The number of aliphatic imine (C=N–C) groups is 2. The monoisotopic (exact) mass is 1230 g/mol. The summed E-state index contributed by atoms with van der Waals surface area (Å²) >= 11 is 0. The molecule has 0 fully saturated rings. The number of nitrogens with zero attached hydrogens (tertiary/aromatic N) is 8. The van der Waals surface area contributed by atoms with Gasteiger partial charge in [-0.1, -0.05) is 18.2 Å². The van der Waals surface area contributed by atoms with E-state index < -0.39 is 121 Å².